The predicted octanol–water partition coefficient (Wildman–Crippen LogP) is 2.91. The summed E-state index contributed by atoms with van der Waals surface area (Å²) in [4.78, 5) is 0. The molecule has 0 aliphatic heterocycles. The van der Waals surface area contributed by atoms with Crippen molar-refractivity contribution in [2.75, 3.05) is 7.11 Å². The summed E-state index contributed by atoms with van der Waals surface area (Å²) in [5.74, 6) is 3.09. The van der Waals surface area contributed by atoms with E-state index in [4.69, 9.17) is 13.6 Å². The molecule has 0 saturated carbocycles. The zero-order chi connectivity index (χ0) is 16.1. The number of ether oxygens (including phenoxy) is 1. The van der Waals surface area contributed by atoms with E-state index in [9.17, 15) is 0 Å². The zero-order valence-corrected chi connectivity index (χ0v) is 13.7. The third-order valence-electron chi connectivity index (χ3n) is 3.09. The van der Waals surface area contributed by atoms with Gasteiger partial charge >= 0.3 is 0 Å². The van der Waals surface area contributed by atoms with E-state index in [-0.39, 0.29) is 0 Å². The largest absolute Gasteiger partial charge is 0.497 e. The molecule has 7 nitrogen and oxygen atoms in total. The van der Waals surface area contributed by atoms with Crippen LogP contribution < -0.4 is 4.74 Å². The highest BCUT2D eigenvalue weighted by molar-refractivity contribution is 7.98. The van der Waals surface area contributed by atoms with Crippen molar-refractivity contribution in [2.45, 2.75) is 30.7 Å². The second kappa shape index (κ2) is 7.28. The molecule has 8 heteroatoms. The quantitative estimate of drug-likeness (QED) is 0.610. The van der Waals surface area contributed by atoms with Crippen LogP contribution in [0, 0.1) is 0 Å². The molecule has 1 aromatic carbocycles. The summed E-state index contributed by atoms with van der Waals surface area (Å²) in [7, 11) is 1.64. The number of hydrogen-bond acceptors (Lipinski definition) is 8. The molecule has 2 heterocycles. The lowest BCUT2D eigenvalue weighted by atomic mass is 10.1. The van der Waals surface area contributed by atoms with Crippen LogP contribution in [-0.2, 0) is 18.6 Å². The maximum atomic E-state index is 5.62. The summed E-state index contributed by atoms with van der Waals surface area (Å²) in [6.07, 6.45) is 1.31. The van der Waals surface area contributed by atoms with E-state index < -0.39 is 0 Å². The molecule has 0 unspecified atom stereocenters. The van der Waals surface area contributed by atoms with Crippen molar-refractivity contribution in [3.05, 3.63) is 47.5 Å². The number of benzene rings is 1. The molecular weight excluding hydrogens is 316 g/mol. The van der Waals surface area contributed by atoms with Crippen LogP contribution in [0.4, 0.5) is 0 Å². The molecular formula is C15H16N4O3S. The molecule has 0 N–H and O–H groups in total. The number of nitrogens with zero attached hydrogens (tertiary/aromatic N) is 4. The van der Waals surface area contributed by atoms with Gasteiger partial charge < -0.3 is 13.6 Å². The zero-order valence-electron chi connectivity index (χ0n) is 12.9. The number of aromatic nitrogens is 4. The Morgan fingerprint density at radius 1 is 0.957 bits per heavy atom. The van der Waals surface area contributed by atoms with E-state index in [1.165, 1.54) is 11.8 Å². The molecule has 120 valence electrons. The van der Waals surface area contributed by atoms with Gasteiger partial charge in [-0.3, -0.25) is 0 Å². The Hall–Kier alpha value is -2.35. The van der Waals surface area contributed by atoms with E-state index in [0.717, 1.165) is 17.7 Å². The molecule has 3 aromatic rings. The van der Waals surface area contributed by atoms with Crippen molar-refractivity contribution in [1.29, 1.82) is 0 Å². The first-order valence-corrected chi connectivity index (χ1v) is 8.14. The molecule has 0 bridgehead atoms. The molecule has 0 atom stereocenters. The Balaban J connectivity index is 1.56. The fourth-order valence-corrected chi connectivity index (χ4v) is 2.52. The Labute approximate surface area is 137 Å². The van der Waals surface area contributed by atoms with Gasteiger partial charge in [-0.2, -0.15) is 0 Å². The summed E-state index contributed by atoms with van der Waals surface area (Å²) >= 11 is 1.38. The van der Waals surface area contributed by atoms with Gasteiger partial charge in [0.1, 0.15) is 5.75 Å². The summed E-state index contributed by atoms with van der Waals surface area (Å²) in [5, 5.41) is 16.4. The van der Waals surface area contributed by atoms with Gasteiger partial charge in [-0.1, -0.05) is 30.8 Å². The molecule has 0 aliphatic carbocycles. The number of thioether (sulfide) groups is 1. The smallest absolute Gasteiger partial charge is 0.277 e. The van der Waals surface area contributed by atoms with Crippen molar-refractivity contribution in [1.82, 2.24) is 20.4 Å². The first-order chi connectivity index (χ1) is 11.3. The highest BCUT2D eigenvalue weighted by Gasteiger charge is 2.11. The highest BCUT2D eigenvalue weighted by Crippen LogP contribution is 2.22. The van der Waals surface area contributed by atoms with Crippen LogP contribution in [-0.4, -0.2) is 27.5 Å². The van der Waals surface area contributed by atoms with Gasteiger partial charge in [-0.05, 0) is 17.7 Å². The Bertz CT molecular complexity index is 754. The Kier molecular flexibility index (Phi) is 4.92. The maximum absolute atomic E-state index is 5.62. The van der Waals surface area contributed by atoms with Gasteiger partial charge in [0.05, 0.1) is 19.3 Å². The van der Waals surface area contributed by atoms with Crippen molar-refractivity contribution < 1.29 is 13.6 Å². The SMILES string of the molecule is CCc1nnc(CSc2nnc(Cc3ccc(OC)cc3)o2)o1. The van der Waals surface area contributed by atoms with Crippen LogP contribution in [0.3, 0.4) is 0 Å². The van der Waals surface area contributed by atoms with Crippen LogP contribution in [0.15, 0.2) is 38.3 Å². The Morgan fingerprint density at radius 2 is 1.70 bits per heavy atom. The van der Waals surface area contributed by atoms with Crippen molar-refractivity contribution in [3.63, 3.8) is 0 Å². The third-order valence-corrected chi connectivity index (χ3v) is 3.90. The summed E-state index contributed by atoms with van der Waals surface area (Å²) in [6.45, 7) is 1.97. The van der Waals surface area contributed by atoms with Crippen LogP contribution in [0.2, 0.25) is 0 Å². The standard InChI is InChI=1S/C15H16N4O3S/c1-3-12-16-18-14(21-12)9-23-15-19-17-13(22-15)8-10-4-6-11(20-2)7-5-10/h4-7H,3,8-9H2,1-2H3. The van der Waals surface area contributed by atoms with Gasteiger partial charge in [-0.15, -0.1) is 20.4 Å². The highest BCUT2D eigenvalue weighted by atomic mass is 32.2. The summed E-state index contributed by atoms with van der Waals surface area (Å²) < 4.78 is 16.2. The number of aryl methyl sites for hydroxylation is 1. The third kappa shape index (κ3) is 4.10. The molecule has 23 heavy (non-hydrogen) atoms. The minimum Gasteiger partial charge on any atom is -0.497 e. The molecule has 3 rings (SSSR count). The van der Waals surface area contributed by atoms with E-state index in [2.05, 4.69) is 20.4 Å². The molecule has 0 saturated heterocycles. The lowest BCUT2D eigenvalue weighted by Crippen LogP contribution is -1.89. The maximum Gasteiger partial charge on any atom is 0.277 e. The minimum atomic E-state index is 0.491. The van der Waals surface area contributed by atoms with Crippen molar-refractivity contribution >= 4 is 11.8 Å². The van der Waals surface area contributed by atoms with Crippen LogP contribution in [0.5, 0.6) is 5.75 Å². The predicted molar refractivity (Wildman–Crippen MR) is 83.3 cm³/mol. The monoisotopic (exact) mass is 332 g/mol. The summed E-state index contributed by atoms with van der Waals surface area (Å²) in [5.41, 5.74) is 1.08. The van der Waals surface area contributed by atoms with E-state index in [1.54, 1.807) is 7.11 Å². The number of methoxy groups -OCH3 is 1. The fraction of sp³-hybridized carbons (Fsp3) is 0.333. The van der Waals surface area contributed by atoms with E-state index in [0.29, 0.717) is 35.1 Å². The second-order valence-electron chi connectivity index (χ2n) is 4.72. The van der Waals surface area contributed by atoms with Gasteiger partial charge in [0.15, 0.2) is 0 Å². The Morgan fingerprint density at radius 3 is 2.39 bits per heavy atom. The second-order valence-corrected chi connectivity index (χ2v) is 5.64. The lowest BCUT2D eigenvalue weighted by molar-refractivity contribution is 0.413. The van der Waals surface area contributed by atoms with Crippen LogP contribution in [0.25, 0.3) is 0 Å². The van der Waals surface area contributed by atoms with Crippen molar-refractivity contribution in [2.24, 2.45) is 0 Å². The molecule has 2 aromatic heterocycles. The van der Waals surface area contributed by atoms with Gasteiger partial charge in [0, 0.05) is 6.42 Å². The average Bonchev–Trinajstić information content (AvgIpc) is 3.22. The topological polar surface area (TPSA) is 87.1 Å². The molecule has 0 amide bonds. The molecule has 0 aliphatic rings. The first kappa shape index (κ1) is 15.5. The van der Waals surface area contributed by atoms with Gasteiger partial charge in [0.2, 0.25) is 17.7 Å². The van der Waals surface area contributed by atoms with E-state index in [1.807, 2.05) is 31.2 Å². The molecule has 0 radical (unpaired) electrons. The van der Waals surface area contributed by atoms with Crippen molar-refractivity contribution in [3.8, 4) is 5.75 Å². The number of hydrogen-bond donors (Lipinski definition) is 0. The van der Waals surface area contributed by atoms with Crippen LogP contribution in [0.1, 0.15) is 30.2 Å². The van der Waals surface area contributed by atoms with E-state index >= 15 is 0 Å². The molecule has 0 fully saturated rings. The molecule has 0 spiro atoms. The summed E-state index contributed by atoms with van der Waals surface area (Å²) in [6, 6.07) is 7.76. The minimum absolute atomic E-state index is 0.491. The van der Waals surface area contributed by atoms with Crippen LogP contribution >= 0.6 is 11.8 Å². The lowest BCUT2D eigenvalue weighted by Gasteiger charge is -2.00. The normalized spacial score (nSPS) is 10.9. The first-order valence-electron chi connectivity index (χ1n) is 7.16. The van der Waals surface area contributed by atoms with Gasteiger partial charge in [-0.25, -0.2) is 0 Å². The fourth-order valence-electron chi connectivity index (χ4n) is 1.90. The average molecular weight is 332 g/mol. The number of rotatable bonds is 7. The van der Waals surface area contributed by atoms with Gasteiger partial charge in [0.25, 0.3) is 5.22 Å².